The molecule has 0 heterocycles. The molecule has 0 spiro atoms. The monoisotopic (exact) mass is 368 g/mol. The molecule has 27 heavy (non-hydrogen) atoms. The molecule has 0 aliphatic carbocycles. The van der Waals surface area contributed by atoms with Crippen LogP contribution in [-0.2, 0) is 21.4 Å². The maximum atomic E-state index is 11.9. The van der Waals surface area contributed by atoms with Crippen molar-refractivity contribution in [1.82, 2.24) is 10.9 Å². The molecule has 0 bridgehead atoms. The average molecular weight is 368 g/mol. The normalized spacial score (nSPS) is 11.0. The Balaban J connectivity index is 1.69. The van der Waals surface area contributed by atoms with E-state index in [4.69, 9.17) is 4.74 Å². The number of hydrogen-bond acceptors (Lipinski definition) is 3. The number of benzene rings is 2. The Hall–Kier alpha value is -2.82. The summed E-state index contributed by atoms with van der Waals surface area (Å²) in [7, 11) is 0. The molecule has 0 radical (unpaired) electrons. The van der Waals surface area contributed by atoms with Gasteiger partial charge < -0.3 is 4.74 Å². The zero-order chi connectivity index (χ0) is 19.9. The third-order valence-electron chi connectivity index (χ3n) is 4.16. The van der Waals surface area contributed by atoms with Crippen molar-refractivity contribution in [3.05, 3.63) is 65.2 Å². The van der Waals surface area contributed by atoms with Gasteiger partial charge in [-0.2, -0.15) is 0 Å². The number of amides is 2. The summed E-state index contributed by atoms with van der Waals surface area (Å²) >= 11 is 0. The number of hydrogen-bond donors (Lipinski definition) is 2. The summed E-state index contributed by atoms with van der Waals surface area (Å²) in [6.45, 7) is 8.30. The minimum absolute atomic E-state index is 0.112. The van der Waals surface area contributed by atoms with E-state index in [-0.39, 0.29) is 17.9 Å². The highest BCUT2D eigenvalue weighted by Crippen LogP contribution is 2.22. The van der Waals surface area contributed by atoms with Crippen LogP contribution in [0.15, 0.2) is 48.5 Å². The molecule has 0 saturated heterocycles. The fraction of sp³-hybridized carbons (Fsp3) is 0.364. The summed E-state index contributed by atoms with van der Waals surface area (Å²) in [5, 5.41) is 0. The van der Waals surface area contributed by atoms with E-state index in [1.54, 1.807) is 6.07 Å². The first-order valence-electron chi connectivity index (χ1n) is 9.10. The van der Waals surface area contributed by atoms with E-state index >= 15 is 0 Å². The molecule has 5 nitrogen and oxygen atoms in total. The highest BCUT2D eigenvalue weighted by molar-refractivity contribution is 5.82. The van der Waals surface area contributed by atoms with Gasteiger partial charge in [0.1, 0.15) is 5.75 Å². The van der Waals surface area contributed by atoms with Crippen molar-refractivity contribution < 1.29 is 14.3 Å². The molecule has 0 aliphatic rings. The van der Waals surface area contributed by atoms with E-state index in [2.05, 4.69) is 43.8 Å². The molecule has 0 aliphatic heterocycles. The van der Waals surface area contributed by atoms with Crippen molar-refractivity contribution >= 4 is 11.8 Å². The van der Waals surface area contributed by atoms with Gasteiger partial charge in [-0.1, -0.05) is 57.2 Å². The van der Waals surface area contributed by atoms with E-state index in [0.29, 0.717) is 18.6 Å². The van der Waals surface area contributed by atoms with Crippen LogP contribution in [-0.4, -0.2) is 18.4 Å². The maximum absolute atomic E-state index is 11.9. The summed E-state index contributed by atoms with van der Waals surface area (Å²) in [4.78, 5) is 23.7. The predicted molar refractivity (Wildman–Crippen MR) is 106 cm³/mol. The molecule has 2 aromatic carbocycles. The lowest BCUT2D eigenvalue weighted by Gasteiger charge is -2.19. The summed E-state index contributed by atoms with van der Waals surface area (Å²) < 4.78 is 5.39. The van der Waals surface area contributed by atoms with E-state index in [1.807, 2.05) is 37.3 Å². The Morgan fingerprint density at radius 1 is 0.963 bits per heavy atom. The predicted octanol–water partition coefficient (Wildman–Crippen LogP) is 3.45. The molecular formula is C22H28N2O3. The maximum Gasteiger partial charge on any atom is 0.276 e. The zero-order valence-corrected chi connectivity index (χ0v) is 16.5. The Labute approximate surface area is 161 Å². The number of rotatable bonds is 6. The smallest absolute Gasteiger partial charge is 0.276 e. The molecule has 144 valence electrons. The standard InChI is InChI=1S/C22H28N2O3/c1-16-6-5-7-19(14-16)27-15-21(26)24-23-20(25)13-10-17-8-11-18(12-9-17)22(2,3)4/h5-9,11-12,14H,10,13,15H2,1-4H3,(H,23,25)(H,24,26). The number of nitrogens with one attached hydrogen (secondary N) is 2. The van der Waals surface area contributed by atoms with E-state index < -0.39 is 5.91 Å². The molecule has 0 atom stereocenters. The zero-order valence-electron chi connectivity index (χ0n) is 16.5. The summed E-state index contributed by atoms with van der Waals surface area (Å²) in [5.74, 6) is -0.0200. The van der Waals surface area contributed by atoms with Gasteiger partial charge in [-0.15, -0.1) is 0 Å². The fourth-order valence-corrected chi connectivity index (χ4v) is 2.52. The fourth-order valence-electron chi connectivity index (χ4n) is 2.52. The van der Waals surface area contributed by atoms with Crippen LogP contribution in [0.2, 0.25) is 0 Å². The lowest BCUT2D eigenvalue weighted by atomic mass is 9.86. The SMILES string of the molecule is Cc1cccc(OCC(=O)NNC(=O)CCc2ccc(C(C)(C)C)cc2)c1. The van der Waals surface area contributed by atoms with Crippen molar-refractivity contribution in [3.63, 3.8) is 0 Å². The van der Waals surface area contributed by atoms with Gasteiger partial charge in [0, 0.05) is 6.42 Å². The van der Waals surface area contributed by atoms with Gasteiger partial charge in [-0.3, -0.25) is 20.4 Å². The topological polar surface area (TPSA) is 67.4 Å². The molecular weight excluding hydrogens is 340 g/mol. The molecule has 0 unspecified atom stereocenters. The van der Waals surface area contributed by atoms with Crippen LogP contribution < -0.4 is 15.6 Å². The highest BCUT2D eigenvalue weighted by Gasteiger charge is 2.13. The summed E-state index contributed by atoms with van der Waals surface area (Å²) in [6.07, 6.45) is 0.916. The average Bonchev–Trinajstić information content (AvgIpc) is 2.62. The number of ether oxygens (including phenoxy) is 1. The summed E-state index contributed by atoms with van der Waals surface area (Å²) in [5.41, 5.74) is 8.30. The van der Waals surface area contributed by atoms with Crippen molar-refractivity contribution in [1.29, 1.82) is 0 Å². The van der Waals surface area contributed by atoms with Gasteiger partial charge in [0.15, 0.2) is 6.61 Å². The molecule has 0 aromatic heterocycles. The summed E-state index contributed by atoms with van der Waals surface area (Å²) in [6, 6.07) is 15.7. The van der Waals surface area contributed by atoms with Crippen LogP contribution in [0.1, 0.15) is 43.9 Å². The van der Waals surface area contributed by atoms with Crippen LogP contribution in [0.25, 0.3) is 0 Å². The van der Waals surface area contributed by atoms with Crippen LogP contribution in [0.3, 0.4) is 0 Å². The van der Waals surface area contributed by atoms with E-state index in [0.717, 1.165) is 11.1 Å². The van der Waals surface area contributed by atoms with Gasteiger partial charge in [-0.25, -0.2) is 0 Å². The van der Waals surface area contributed by atoms with Gasteiger partial charge in [0.05, 0.1) is 0 Å². The third kappa shape index (κ3) is 7.13. The molecule has 0 fully saturated rings. The quantitative estimate of drug-likeness (QED) is 0.768. The van der Waals surface area contributed by atoms with Gasteiger partial charge >= 0.3 is 0 Å². The van der Waals surface area contributed by atoms with Crippen molar-refractivity contribution in [3.8, 4) is 5.75 Å². The first-order valence-corrected chi connectivity index (χ1v) is 9.10. The van der Waals surface area contributed by atoms with Crippen molar-refractivity contribution in [2.75, 3.05) is 6.61 Å². The van der Waals surface area contributed by atoms with Crippen LogP contribution >= 0.6 is 0 Å². The second kappa shape index (κ2) is 9.21. The Morgan fingerprint density at radius 2 is 1.63 bits per heavy atom. The van der Waals surface area contributed by atoms with Crippen molar-refractivity contribution in [2.45, 2.75) is 46.0 Å². The molecule has 2 amide bonds. The number of aryl methyl sites for hydroxylation is 2. The number of carbonyl (C=O) groups is 2. The highest BCUT2D eigenvalue weighted by atomic mass is 16.5. The largest absolute Gasteiger partial charge is 0.484 e. The number of carbonyl (C=O) groups excluding carboxylic acids is 2. The van der Waals surface area contributed by atoms with Gasteiger partial charge in [0.25, 0.3) is 5.91 Å². The second-order valence-corrected chi connectivity index (χ2v) is 7.65. The second-order valence-electron chi connectivity index (χ2n) is 7.65. The van der Waals surface area contributed by atoms with E-state index in [9.17, 15) is 9.59 Å². The molecule has 5 heteroatoms. The molecule has 2 aromatic rings. The Bertz CT molecular complexity index is 777. The first kappa shape index (κ1) is 20.5. The van der Waals surface area contributed by atoms with Crippen LogP contribution in [0, 0.1) is 6.92 Å². The lowest BCUT2D eigenvalue weighted by Crippen LogP contribution is -2.43. The third-order valence-corrected chi connectivity index (χ3v) is 4.16. The Morgan fingerprint density at radius 3 is 2.26 bits per heavy atom. The molecule has 2 rings (SSSR count). The minimum atomic E-state index is -0.403. The molecule has 0 saturated carbocycles. The number of hydrazine groups is 1. The Kier molecular flexibility index (Phi) is 6.99. The minimum Gasteiger partial charge on any atom is -0.484 e. The van der Waals surface area contributed by atoms with E-state index in [1.165, 1.54) is 5.56 Å². The first-order chi connectivity index (χ1) is 12.7. The lowest BCUT2D eigenvalue weighted by molar-refractivity contribution is -0.130. The van der Waals surface area contributed by atoms with Crippen LogP contribution in [0.4, 0.5) is 0 Å². The molecule has 2 N–H and O–H groups in total. The van der Waals surface area contributed by atoms with Crippen LogP contribution in [0.5, 0.6) is 5.75 Å². The van der Waals surface area contributed by atoms with Gasteiger partial charge in [0.2, 0.25) is 5.91 Å². The van der Waals surface area contributed by atoms with Crippen molar-refractivity contribution in [2.24, 2.45) is 0 Å². The van der Waals surface area contributed by atoms with Gasteiger partial charge in [-0.05, 0) is 47.6 Å².